The lowest BCUT2D eigenvalue weighted by atomic mass is 9.90. The number of ether oxygens (including phenoxy) is 1. The highest BCUT2D eigenvalue weighted by atomic mass is 32.2. The third-order valence-corrected chi connectivity index (χ3v) is 9.36. The molecule has 10 nitrogen and oxygen atoms in total. The van der Waals surface area contributed by atoms with Gasteiger partial charge in [0.1, 0.15) is 18.1 Å². The van der Waals surface area contributed by atoms with Crippen molar-refractivity contribution in [2.75, 3.05) is 43.1 Å². The lowest BCUT2D eigenvalue weighted by molar-refractivity contribution is -0.140. The Morgan fingerprint density at radius 3 is 2.42 bits per heavy atom. The number of rotatable bonds is 10. The van der Waals surface area contributed by atoms with Crippen molar-refractivity contribution in [2.24, 2.45) is 0 Å². The van der Waals surface area contributed by atoms with Gasteiger partial charge in [0.05, 0.1) is 35.4 Å². The van der Waals surface area contributed by atoms with Crippen LogP contribution in [0.15, 0.2) is 57.9 Å². The first-order valence-corrected chi connectivity index (χ1v) is 16.3. The van der Waals surface area contributed by atoms with Crippen LogP contribution in [0.2, 0.25) is 0 Å². The average Bonchev–Trinajstić information content (AvgIpc) is 3.57. The molecule has 48 heavy (non-hydrogen) atoms. The smallest absolute Gasteiger partial charge is 0.406 e. The lowest BCUT2D eigenvalue weighted by Crippen LogP contribution is -2.36. The van der Waals surface area contributed by atoms with Crippen LogP contribution >= 0.6 is 0 Å². The summed E-state index contributed by atoms with van der Waals surface area (Å²) in [7, 11) is 1.59. The molecule has 1 fully saturated rings. The number of halogens is 3. The molecule has 1 saturated carbocycles. The quantitative estimate of drug-likeness (QED) is 0.148. The third kappa shape index (κ3) is 9.17. The molecular formula is C34H45F3N6O4S. The van der Waals surface area contributed by atoms with Crippen molar-refractivity contribution >= 4 is 38.1 Å². The molecule has 5 rings (SSSR count). The van der Waals surface area contributed by atoms with E-state index >= 15 is 0 Å². The molecular weight excluding hydrogens is 645 g/mol. The number of methoxy groups -OCH3 is 1. The van der Waals surface area contributed by atoms with E-state index in [1.165, 1.54) is 35.9 Å². The minimum atomic E-state index is -4.44. The molecule has 0 saturated heterocycles. The number of aromatic nitrogens is 2. The van der Waals surface area contributed by atoms with E-state index in [1.54, 1.807) is 25.1 Å². The van der Waals surface area contributed by atoms with Crippen molar-refractivity contribution in [1.82, 2.24) is 14.6 Å². The maximum Gasteiger partial charge on any atom is 0.406 e. The molecule has 1 aliphatic rings. The van der Waals surface area contributed by atoms with Crippen LogP contribution in [-0.2, 0) is 16.6 Å². The van der Waals surface area contributed by atoms with Crippen LogP contribution in [0, 0.1) is 18.8 Å². The maximum absolute atomic E-state index is 13.7. The second-order valence-corrected chi connectivity index (χ2v) is 13.2. The number of nitrogens with one attached hydrogen (secondary N) is 3. The van der Waals surface area contributed by atoms with Gasteiger partial charge in [-0.2, -0.15) is 13.2 Å². The molecule has 0 amide bonds. The Morgan fingerprint density at radius 1 is 1.06 bits per heavy atom. The molecule has 0 atom stereocenters. The minimum absolute atomic E-state index is 0. The van der Waals surface area contributed by atoms with E-state index in [1.807, 2.05) is 6.07 Å². The van der Waals surface area contributed by atoms with E-state index in [4.69, 9.17) is 9.26 Å². The normalized spacial score (nSPS) is 16.3. The first-order valence-electron chi connectivity index (χ1n) is 14.8. The first-order chi connectivity index (χ1) is 21.8. The number of hydrogen-bond acceptors (Lipinski definition) is 8. The summed E-state index contributed by atoms with van der Waals surface area (Å²) >= 11 is 0. The topological polar surface area (TPSA) is 114 Å². The van der Waals surface area contributed by atoms with E-state index in [0.29, 0.717) is 28.4 Å². The van der Waals surface area contributed by atoms with Crippen LogP contribution in [0.3, 0.4) is 0 Å². The Balaban J connectivity index is 0.00000312. The zero-order valence-electron chi connectivity index (χ0n) is 26.0. The van der Waals surface area contributed by atoms with Gasteiger partial charge >= 0.3 is 6.18 Å². The summed E-state index contributed by atoms with van der Waals surface area (Å²) in [5.74, 6) is 6.54. The number of nitrogens with zero attached hydrogens (tertiary/aromatic N) is 3. The molecule has 3 N–H and O–H groups in total. The Kier molecular flexibility index (Phi) is 12.5. The Bertz CT molecular complexity index is 1850. The van der Waals surface area contributed by atoms with Gasteiger partial charge in [-0.25, -0.2) is 8.42 Å². The van der Waals surface area contributed by atoms with Crippen molar-refractivity contribution in [3.8, 4) is 17.6 Å². The SMILES string of the molecule is C.C.COc1cc(S(=O)(=O)Nc2cc(C)on2)ccc1NCC#Cc1cc2c(NC3CCC(N(C)C)CC3)cccc2n1CC(F)(F)F. The van der Waals surface area contributed by atoms with Crippen molar-refractivity contribution in [3.63, 3.8) is 0 Å². The second-order valence-electron chi connectivity index (χ2n) is 11.5. The first kappa shape index (κ1) is 38.1. The number of alkyl halides is 3. The molecule has 262 valence electrons. The van der Waals surface area contributed by atoms with Gasteiger partial charge in [0.2, 0.25) is 0 Å². The summed E-state index contributed by atoms with van der Waals surface area (Å²) in [6.07, 6.45) is -0.361. The fraction of sp³-hybridized carbons (Fsp3) is 0.441. The van der Waals surface area contributed by atoms with Crippen molar-refractivity contribution in [1.29, 1.82) is 0 Å². The molecule has 0 bridgehead atoms. The molecule has 0 unspecified atom stereocenters. The van der Waals surface area contributed by atoms with Gasteiger partial charge in [-0.05, 0) is 83.0 Å². The fourth-order valence-corrected chi connectivity index (χ4v) is 6.69. The number of fused-ring (bicyclic) bond motifs is 1. The Labute approximate surface area is 281 Å². The third-order valence-electron chi connectivity index (χ3n) is 8.00. The zero-order chi connectivity index (χ0) is 33.1. The van der Waals surface area contributed by atoms with Crippen LogP contribution in [0.1, 0.15) is 52.0 Å². The summed E-state index contributed by atoms with van der Waals surface area (Å²) in [4.78, 5) is 2.18. The largest absolute Gasteiger partial charge is 0.495 e. The molecule has 0 aliphatic heterocycles. The zero-order valence-corrected chi connectivity index (χ0v) is 26.8. The summed E-state index contributed by atoms with van der Waals surface area (Å²) in [5.41, 5.74) is 1.94. The van der Waals surface area contributed by atoms with Gasteiger partial charge in [-0.1, -0.05) is 32.0 Å². The second kappa shape index (κ2) is 15.7. The summed E-state index contributed by atoms with van der Waals surface area (Å²) in [6.45, 7) is 0.532. The monoisotopic (exact) mass is 690 g/mol. The van der Waals surface area contributed by atoms with Gasteiger partial charge < -0.3 is 29.4 Å². The van der Waals surface area contributed by atoms with Crippen LogP contribution in [0.25, 0.3) is 10.9 Å². The number of anilines is 3. The van der Waals surface area contributed by atoms with Crippen molar-refractivity contribution in [3.05, 3.63) is 60.0 Å². The summed E-state index contributed by atoms with van der Waals surface area (Å²) < 4.78 is 80.4. The molecule has 2 aromatic heterocycles. The van der Waals surface area contributed by atoms with Crippen LogP contribution in [0.5, 0.6) is 5.75 Å². The highest BCUT2D eigenvalue weighted by Crippen LogP contribution is 2.33. The van der Waals surface area contributed by atoms with Crippen LogP contribution in [0.4, 0.5) is 30.4 Å². The fourth-order valence-electron chi connectivity index (χ4n) is 5.69. The summed E-state index contributed by atoms with van der Waals surface area (Å²) in [6, 6.07) is 13.5. The maximum atomic E-state index is 13.7. The Hall–Kier alpha value is -4.35. The standard InChI is InChI=1S/C32H37F3N6O4S.2CH4/c1-21-17-31(38-45-21)39-46(42,43)25-14-15-28(30(19-25)44-4)36-16-6-7-24-18-26-27(37-22-10-12-23(13-11-22)40(2)3)8-5-9-29(26)41(24)20-32(33,34)35;;/h5,8-9,14-15,17-19,22-23,36-37H,10-13,16,20H2,1-4H3,(H,38,39);2*1H4. The van der Waals surface area contributed by atoms with Gasteiger partial charge in [-0.3, -0.25) is 4.72 Å². The predicted molar refractivity (Wildman–Crippen MR) is 185 cm³/mol. The highest BCUT2D eigenvalue weighted by Gasteiger charge is 2.30. The van der Waals surface area contributed by atoms with Gasteiger partial charge in [0.25, 0.3) is 10.0 Å². The minimum Gasteiger partial charge on any atom is -0.495 e. The predicted octanol–water partition coefficient (Wildman–Crippen LogP) is 7.33. The number of aryl methyl sites for hydroxylation is 1. The van der Waals surface area contributed by atoms with Gasteiger partial charge in [0, 0.05) is 35.3 Å². The molecule has 4 aromatic rings. The molecule has 1 aliphatic carbocycles. The lowest BCUT2D eigenvalue weighted by Gasteiger charge is -2.33. The van der Waals surface area contributed by atoms with E-state index in [2.05, 4.69) is 51.3 Å². The van der Waals surface area contributed by atoms with Gasteiger partial charge in [0.15, 0.2) is 5.82 Å². The molecule has 0 radical (unpaired) electrons. The average molecular weight is 691 g/mol. The van der Waals surface area contributed by atoms with E-state index in [-0.39, 0.29) is 49.6 Å². The molecule has 0 spiro atoms. The summed E-state index contributed by atoms with van der Waals surface area (Å²) in [5, 5.41) is 11.0. The van der Waals surface area contributed by atoms with Gasteiger partial charge in [-0.15, -0.1) is 0 Å². The van der Waals surface area contributed by atoms with E-state index in [0.717, 1.165) is 31.4 Å². The highest BCUT2D eigenvalue weighted by molar-refractivity contribution is 7.92. The van der Waals surface area contributed by atoms with E-state index < -0.39 is 22.7 Å². The molecule has 14 heteroatoms. The van der Waals surface area contributed by atoms with Crippen LogP contribution < -0.4 is 20.1 Å². The number of benzene rings is 2. The van der Waals surface area contributed by atoms with Crippen molar-refractivity contribution in [2.45, 2.75) is 77.2 Å². The number of sulfonamides is 1. The number of hydrogen-bond donors (Lipinski definition) is 3. The molecule has 2 heterocycles. The Morgan fingerprint density at radius 2 is 1.79 bits per heavy atom. The van der Waals surface area contributed by atoms with Crippen molar-refractivity contribution < 1.29 is 30.8 Å². The van der Waals surface area contributed by atoms with E-state index in [9.17, 15) is 21.6 Å². The van der Waals surface area contributed by atoms with Crippen LogP contribution in [-0.4, -0.2) is 69.1 Å². The molecule has 2 aromatic carbocycles.